The highest BCUT2D eigenvalue weighted by atomic mass is 16.2. The fourth-order valence-electron chi connectivity index (χ4n) is 3.55. The lowest BCUT2D eigenvalue weighted by Gasteiger charge is -2.21. The van der Waals surface area contributed by atoms with E-state index in [9.17, 15) is 24.0 Å². The Morgan fingerprint density at radius 1 is 0.658 bits per heavy atom. The molecule has 0 heterocycles. The Morgan fingerprint density at radius 2 is 1.21 bits per heavy atom. The molecule has 0 radical (unpaired) electrons. The molecule has 38 heavy (non-hydrogen) atoms. The molecule has 0 aromatic heterocycles. The van der Waals surface area contributed by atoms with Crippen molar-refractivity contribution in [3.63, 3.8) is 0 Å². The highest BCUT2D eigenvalue weighted by molar-refractivity contribution is 6.37. The van der Waals surface area contributed by atoms with Gasteiger partial charge in [-0.3, -0.25) is 24.0 Å². The van der Waals surface area contributed by atoms with Crippen molar-refractivity contribution in [1.29, 1.82) is 0 Å². The molecule has 0 fully saturated rings. The molecule has 3 aromatic rings. The van der Waals surface area contributed by atoms with Gasteiger partial charge in [0.1, 0.15) is 12.1 Å². The van der Waals surface area contributed by atoms with Crippen LogP contribution in [0, 0.1) is 0 Å². The summed E-state index contributed by atoms with van der Waals surface area (Å²) in [5.41, 5.74) is 2.05. The molecule has 4 amide bonds. The van der Waals surface area contributed by atoms with Gasteiger partial charge in [0.15, 0.2) is 0 Å². The molecule has 196 valence electrons. The van der Waals surface area contributed by atoms with Gasteiger partial charge in [-0.2, -0.15) is 0 Å². The van der Waals surface area contributed by atoms with Gasteiger partial charge in [-0.05, 0) is 30.2 Å². The normalized spacial score (nSPS) is 11.9. The van der Waals surface area contributed by atoms with E-state index in [4.69, 9.17) is 0 Å². The molecule has 3 aromatic carbocycles. The molecule has 0 unspecified atom stereocenters. The quantitative estimate of drug-likeness (QED) is 0.272. The van der Waals surface area contributed by atoms with Gasteiger partial charge in [0, 0.05) is 18.5 Å². The molecule has 2 atom stereocenters. The topological polar surface area (TPSA) is 133 Å². The third-order valence-electron chi connectivity index (χ3n) is 5.66. The van der Waals surface area contributed by atoms with Crippen molar-refractivity contribution in [3.8, 4) is 0 Å². The highest BCUT2D eigenvalue weighted by Gasteiger charge is 2.26. The summed E-state index contributed by atoms with van der Waals surface area (Å²) < 4.78 is 0. The predicted molar refractivity (Wildman–Crippen MR) is 142 cm³/mol. The van der Waals surface area contributed by atoms with Gasteiger partial charge in [-0.25, -0.2) is 0 Å². The zero-order valence-corrected chi connectivity index (χ0v) is 21.0. The fraction of sp³-hybridized carbons (Fsp3) is 0.207. The van der Waals surface area contributed by atoms with Crippen molar-refractivity contribution < 1.29 is 24.0 Å². The number of hydrogen-bond donors (Lipinski definition) is 4. The minimum atomic E-state index is -1.02. The van der Waals surface area contributed by atoms with Crippen LogP contribution in [0.2, 0.25) is 0 Å². The lowest BCUT2D eigenvalue weighted by atomic mass is 10.0. The molecule has 0 saturated heterocycles. The van der Waals surface area contributed by atoms with Gasteiger partial charge >= 0.3 is 0 Å². The summed E-state index contributed by atoms with van der Waals surface area (Å²) in [7, 11) is 0. The van der Waals surface area contributed by atoms with Crippen LogP contribution in [0.3, 0.4) is 0 Å². The van der Waals surface area contributed by atoms with E-state index in [1.807, 2.05) is 60.7 Å². The Balaban J connectivity index is 1.53. The Kier molecular flexibility index (Phi) is 10.3. The summed E-state index contributed by atoms with van der Waals surface area (Å²) >= 11 is 0. The van der Waals surface area contributed by atoms with Gasteiger partial charge < -0.3 is 21.3 Å². The van der Waals surface area contributed by atoms with Crippen molar-refractivity contribution in [3.05, 3.63) is 108 Å². The van der Waals surface area contributed by atoms with Crippen LogP contribution in [0.15, 0.2) is 91.0 Å². The summed E-state index contributed by atoms with van der Waals surface area (Å²) in [6.45, 7) is 1.12. The van der Waals surface area contributed by atoms with E-state index in [1.165, 1.54) is 6.92 Å². The average Bonchev–Trinajstić information content (AvgIpc) is 2.95. The maximum atomic E-state index is 13.1. The lowest BCUT2D eigenvalue weighted by Crippen LogP contribution is -2.54. The van der Waals surface area contributed by atoms with E-state index >= 15 is 0 Å². The Labute approximate surface area is 221 Å². The molecule has 4 N–H and O–H groups in total. The SMILES string of the molecule is C[C@H](NC(=O)[C@H](Cc1ccccc1)NC(=O)c1ccccc1)C(=O)NCC(=O)C(=O)NCc1ccccc1. The van der Waals surface area contributed by atoms with Crippen LogP contribution < -0.4 is 21.3 Å². The number of carbonyl (C=O) groups excluding carboxylic acids is 5. The lowest BCUT2D eigenvalue weighted by molar-refractivity contribution is -0.138. The van der Waals surface area contributed by atoms with Crippen LogP contribution in [0.1, 0.15) is 28.4 Å². The third-order valence-corrected chi connectivity index (χ3v) is 5.66. The minimum absolute atomic E-state index is 0.184. The Hall–Kier alpha value is -4.79. The van der Waals surface area contributed by atoms with E-state index in [0.717, 1.165) is 11.1 Å². The maximum absolute atomic E-state index is 13.1. The first-order valence-electron chi connectivity index (χ1n) is 12.2. The highest BCUT2D eigenvalue weighted by Crippen LogP contribution is 2.06. The standard InChI is InChI=1S/C29H30N4O5/c1-20(26(35)31-19-25(34)29(38)30-18-22-13-7-3-8-14-22)32-28(37)24(17-21-11-5-2-6-12-21)33-27(36)23-15-9-4-10-16-23/h2-16,20,24H,17-19H2,1H3,(H,30,38)(H,31,35)(H,32,37)(H,33,36)/t20-,24-/m0/s1. The second-order valence-electron chi connectivity index (χ2n) is 8.62. The zero-order chi connectivity index (χ0) is 27.3. The first-order valence-corrected chi connectivity index (χ1v) is 12.2. The molecular weight excluding hydrogens is 484 g/mol. The molecule has 0 spiro atoms. The van der Waals surface area contributed by atoms with Crippen molar-refractivity contribution in [2.75, 3.05) is 6.54 Å². The van der Waals surface area contributed by atoms with Gasteiger partial charge in [0.25, 0.3) is 11.8 Å². The van der Waals surface area contributed by atoms with E-state index in [-0.39, 0.29) is 13.0 Å². The molecule has 0 aliphatic carbocycles. The van der Waals surface area contributed by atoms with Crippen LogP contribution in [-0.2, 0) is 32.1 Å². The molecule has 0 aliphatic heterocycles. The number of hydrogen-bond acceptors (Lipinski definition) is 5. The summed E-state index contributed by atoms with van der Waals surface area (Å²) in [6, 6.07) is 24.8. The number of benzene rings is 3. The van der Waals surface area contributed by atoms with E-state index in [2.05, 4.69) is 21.3 Å². The number of carbonyl (C=O) groups is 5. The Bertz CT molecular complexity index is 1250. The van der Waals surface area contributed by atoms with E-state index in [1.54, 1.807) is 30.3 Å². The summed E-state index contributed by atoms with van der Waals surface area (Å²) in [6.07, 6.45) is 0.208. The van der Waals surface area contributed by atoms with Crippen molar-refractivity contribution >= 4 is 29.4 Å². The van der Waals surface area contributed by atoms with Gasteiger partial charge in [0.05, 0.1) is 6.54 Å². The first-order chi connectivity index (χ1) is 18.3. The molecule has 9 nitrogen and oxygen atoms in total. The summed E-state index contributed by atoms with van der Waals surface area (Å²) in [4.78, 5) is 62.4. The van der Waals surface area contributed by atoms with Crippen molar-refractivity contribution in [2.45, 2.75) is 32.0 Å². The summed E-state index contributed by atoms with van der Waals surface area (Å²) in [5, 5.41) is 10.2. The minimum Gasteiger partial charge on any atom is -0.347 e. The maximum Gasteiger partial charge on any atom is 0.289 e. The Morgan fingerprint density at radius 3 is 1.82 bits per heavy atom. The number of nitrogens with one attached hydrogen (secondary N) is 4. The smallest absolute Gasteiger partial charge is 0.289 e. The first kappa shape index (κ1) is 27.8. The monoisotopic (exact) mass is 514 g/mol. The molecule has 0 bridgehead atoms. The molecule has 9 heteroatoms. The number of amides is 4. The van der Waals surface area contributed by atoms with Crippen LogP contribution in [0.4, 0.5) is 0 Å². The fourth-order valence-corrected chi connectivity index (χ4v) is 3.55. The third kappa shape index (κ3) is 8.70. The molecule has 0 aliphatic rings. The van der Waals surface area contributed by atoms with Crippen LogP contribution in [0.25, 0.3) is 0 Å². The van der Waals surface area contributed by atoms with E-state index in [0.29, 0.717) is 5.56 Å². The largest absolute Gasteiger partial charge is 0.347 e. The van der Waals surface area contributed by atoms with E-state index < -0.39 is 48.0 Å². The van der Waals surface area contributed by atoms with Gasteiger partial charge in [-0.15, -0.1) is 0 Å². The second-order valence-corrected chi connectivity index (χ2v) is 8.62. The summed E-state index contributed by atoms with van der Waals surface area (Å²) in [5.74, 6) is -3.27. The molecule has 3 rings (SSSR count). The van der Waals surface area contributed by atoms with Gasteiger partial charge in [-0.1, -0.05) is 78.9 Å². The van der Waals surface area contributed by atoms with Crippen LogP contribution in [-0.4, -0.2) is 48.0 Å². The molecule has 0 saturated carbocycles. The number of rotatable bonds is 12. The number of ketones is 1. The van der Waals surface area contributed by atoms with Crippen molar-refractivity contribution in [2.24, 2.45) is 0 Å². The van der Waals surface area contributed by atoms with Crippen LogP contribution in [0.5, 0.6) is 0 Å². The molecular formula is C29H30N4O5. The second kappa shape index (κ2) is 14.1. The van der Waals surface area contributed by atoms with Crippen molar-refractivity contribution in [1.82, 2.24) is 21.3 Å². The van der Waals surface area contributed by atoms with Gasteiger partial charge in [0.2, 0.25) is 17.6 Å². The predicted octanol–water partition coefficient (Wildman–Crippen LogP) is 1.53. The number of Topliss-reactive ketones (excluding diaryl/α,β-unsaturated/α-hetero) is 1. The zero-order valence-electron chi connectivity index (χ0n) is 21.0. The average molecular weight is 515 g/mol. The van der Waals surface area contributed by atoms with Crippen LogP contribution >= 0.6 is 0 Å².